The Bertz CT molecular complexity index is 805. The minimum absolute atomic E-state index is 0.139. The van der Waals surface area contributed by atoms with Crippen LogP contribution in [0.2, 0.25) is 5.02 Å². The van der Waals surface area contributed by atoms with Crippen molar-refractivity contribution in [2.24, 2.45) is 0 Å². The van der Waals surface area contributed by atoms with E-state index in [1.807, 2.05) is 24.3 Å². The molecule has 26 heavy (non-hydrogen) atoms. The highest BCUT2D eigenvalue weighted by molar-refractivity contribution is 6.34. The van der Waals surface area contributed by atoms with Gasteiger partial charge in [-0.25, -0.2) is 0 Å². The van der Waals surface area contributed by atoms with Crippen LogP contribution in [-0.4, -0.2) is 17.9 Å². The molecular weight excluding hydrogens is 350 g/mol. The SMILES string of the molecule is CC(=O)Nc1ccc(NC(C)C(=O)Nc2ccccc2C(C)C)cc1Cl. The second kappa shape index (κ2) is 8.72. The van der Waals surface area contributed by atoms with Crippen molar-refractivity contribution in [1.82, 2.24) is 0 Å². The van der Waals surface area contributed by atoms with Crippen LogP contribution in [0.1, 0.15) is 39.2 Å². The Morgan fingerprint density at radius 2 is 1.65 bits per heavy atom. The van der Waals surface area contributed by atoms with Crippen molar-refractivity contribution in [3.63, 3.8) is 0 Å². The van der Waals surface area contributed by atoms with E-state index in [1.54, 1.807) is 25.1 Å². The van der Waals surface area contributed by atoms with E-state index in [1.165, 1.54) is 6.92 Å². The number of rotatable bonds is 6. The molecule has 0 spiro atoms. The number of nitrogens with one attached hydrogen (secondary N) is 3. The van der Waals surface area contributed by atoms with Gasteiger partial charge in [0.25, 0.3) is 0 Å². The van der Waals surface area contributed by atoms with Crippen LogP contribution < -0.4 is 16.0 Å². The fourth-order valence-electron chi connectivity index (χ4n) is 2.57. The molecule has 138 valence electrons. The number of hydrogen-bond acceptors (Lipinski definition) is 3. The first kappa shape index (κ1) is 19.8. The van der Waals surface area contributed by atoms with Gasteiger partial charge in [-0.3, -0.25) is 9.59 Å². The van der Waals surface area contributed by atoms with Gasteiger partial charge in [-0.1, -0.05) is 43.6 Å². The van der Waals surface area contributed by atoms with E-state index in [4.69, 9.17) is 11.6 Å². The van der Waals surface area contributed by atoms with Crippen LogP contribution in [0.25, 0.3) is 0 Å². The van der Waals surface area contributed by atoms with Crippen molar-refractivity contribution in [3.05, 3.63) is 53.1 Å². The summed E-state index contributed by atoms with van der Waals surface area (Å²) in [5.41, 5.74) is 3.15. The van der Waals surface area contributed by atoms with Crippen molar-refractivity contribution in [1.29, 1.82) is 0 Å². The number of benzene rings is 2. The molecule has 0 saturated heterocycles. The summed E-state index contributed by atoms with van der Waals surface area (Å²) in [5, 5.41) is 9.15. The third-order valence-corrected chi connectivity index (χ3v) is 4.21. The third-order valence-electron chi connectivity index (χ3n) is 3.90. The van der Waals surface area contributed by atoms with Gasteiger partial charge in [0.1, 0.15) is 6.04 Å². The molecule has 0 aliphatic heterocycles. The van der Waals surface area contributed by atoms with Crippen molar-refractivity contribution in [2.45, 2.75) is 39.7 Å². The molecule has 0 radical (unpaired) electrons. The number of carbonyl (C=O) groups excluding carboxylic acids is 2. The van der Waals surface area contributed by atoms with Crippen LogP contribution in [0.15, 0.2) is 42.5 Å². The van der Waals surface area contributed by atoms with E-state index < -0.39 is 6.04 Å². The second-order valence-electron chi connectivity index (χ2n) is 6.47. The fraction of sp³-hybridized carbons (Fsp3) is 0.300. The predicted octanol–water partition coefficient (Wildman–Crippen LogP) is 4.86. The topological polar surface area (TPSA) is 70.2 Å². The minimum Gasteiger partial charge on any atom is -0.374 e. The smallest absolute Gasteiger partial charge is 0.246 e. The average molecular weight is 374 g/mol. The van der Waals surface area contributed by atoms with E-state index in [0.717, 1.165) is 11.3 Å². The molecule has 0 bridgehead atoms. The Hall–Kier alpha value is -2.53. The summed E-state index contributed by atoms with van der Waals surface area (Å²) >= 11 is 6.17. The quantitative estimate of drug-likeness (QED) is 0.677. The summed E-state index contributed by atoms with van der Waals surface area (Å²) in [6, 6.07) is 12.5. The largest absolute Gasteiger partial charge is 0.374 e. The van der Waals surface area contributed by atoms with Crippen LogP contribution in [0, 0.1) is 0 Å². The second-order valence-corrected chi connectivity index (χ2v) is 6.88. The molecular formula is C20H24ClN3O2. The van der Waals surface area contributed by atoms with Gasteiger partial charge in [-0.2, -0.15) is 0 Å². The number of hydrogen-bond donors (Lipinski definition) is 3. The van der Waals surface area contributed by atoms with E-state index in [-0.39, 0.29) is 11.8 Å². The van der Waals surface area contributed by atoms with Gasteiger partial charge in [0, 0.05) is 18.3 Å². The maximum atomic E-state index is 12.5. The van der Waals surface area contributed by atoms with Crippen LogP contribution in [0.3, 0.4) is 0 Å². The van der Waals surface area contributed by atoms with Gasteiger partial charge < -0.3 is 16.0 Å². The van der Waals surface area contributed by atoms with Crippen LogP contribution in [0.5, 0.6) is 0 Å². The number of anilines is 3. The maximum Gasteiger partial charge on any atom is 0.246 e. The number of para-hydroxylation sites is 1. The van der Waals surface area contributed by atoms with Gasteiger partial charge in [0.15, 0.2) is 0 Å². The van der Waals surface area contributed by atoms with Crippen LogP contribution in [-0.2, 0) is 9.59 Å². The molecule has 0 heterocycles. The zero-order chi connectivity index (χ0) is 19.3. The van der Waals surface area contributed by atoms with E-state index >= 15 is 0 Å². The first-order valence-corrected chi connectivity index (χ1v) is 8.89. The lowest BCUT2D eigenvalue weighted by Crippen LogP contribution is -2.32. The molecule has 2 amide bonds. The predicted molar refractivity (Wildman–Crippen MR) is 108 cm³/mol. The minimum atomic E-state index is -0.460. The van der Waals surface area contributed by atoms with Crippen molar-refractivity contribution in [2.75, 3.05) is 16.0 Å². The number of amides is 2. The molecule has 6 heteroatoms. The van der Waals surface area contributed by atoms with Crippen molar-refractivity contribution < 1.29 is 9.59 Å². The van der Waals surface area contributed by atoms with Crippen molar-refractivity contribution in [3.8, 4) is 0 Å². The molecule has 2 aromatic carbocycles. The molecule has 3 N–H and O–H groups in total. The van der Waals surface area contributed by atoms with Gasteiger partial charge >= 0.3 is 0 Å². The summed E-state index contributed by atoms with van der Waals surface area (Å²) in [6.45, 7) is 7.38. The monoisotopic (exact) mass is 373 g/mol. The zero-order valence-corrected chi connectivity index (χ0v) is 16.1. The lowest BCUT2D eigenvalue weighted by Gasteiger charge is -2.18. The van der Waals surface area contributed by atoms with Gasteiger partial charge in [0.05, 0.1) is 10.7 Å². The molecule has 0 aliphatic rings. The molecule has 2 aromatic rings. The highest BCUT2D eigenvalue weighted by Crippen LogP contribution is 2.26. The maximum absolute atomic E-state index is 12.5. The van der Waals surface area contributed by atoms with Gasteiger partial charge in [0.2, 0.25) is 11.8 Å². The Kier molecular flexibility index (Phi) is 6.64. The molecule has 1 unspecified atom stereocenters. The van der Waals surface area contributed by atoms with E-state index in [9.17, 15) is 9.59 Å². The highest BCUT2D eigenvalue weighted by atomic mass is 35.5. The van der Waals surface area contributed by atoms with E-state index in [0.29, 0.717) is 22.3 Å². The number of halogens is 1. The van der Waals surface area contributed by atoms with Crippen LogP contribution >= 0.6 is 11.6 Å². The normalized spacial score (nSPS) is 11.8. The summed E-state index contributed by atoms with van der Waals surface area (Å²) in [6.07, 6.45) is 0. The highest BCUT2D eigenvalue weighted by Gasteiger charge is 2.16. The molecule has 5 nitrogen and oxygen atoms in total. The van der Waals surface area contributed by atoms with Gasteiger partial charge in [-0.05, 0) is 42.7 Å². The van der Waals surface area contributed by atoms with Gasteiger partial charge in [-0.15, -0.1) is 0 Å². The standard InChI is InChI=1S/C20H24ClN3O2/c1-12(2)16-7-5-6-8-18(16)24-20(26)13(3)22-15-9-10-19(17(21)11-15)23-14(4)25/h5-13,22H,1-4H3,(H,23,25)(H,24,26). The molecule has 0 saturated carbocycles. The Morgan fingerprint density at radius 1 is 0.962 bits per heavy atom. The fourth-order valence-corrected chi connectivity index (χ4v) is 2.79. The molecule has 0 aromatic heterocycles. The first-order valence-electron chi connectivity index (χ1n) is 8.51. The zero-order valence-electron chi connectivity index (χ0n) is 15.4. The molecule has 0 aliphatic carbocycles. The summed E-state index contributed by atoms with van der Waals surface area (Å²) in [4.78, 5) is 23.7. The number of carbonyl (C=O) groups is 2. The third kappa shape index (κ3) is 5.23. The molecule has 0 fully saturated rings. The lowest BCUT2D eigenvalue weighted by molar-refractivity contribution is -0.116. The molecule has 1 atom stereocenters. The van der Waals surface area contributed by atoms with Crippen LogP contribution in [0.4, 0.5) is 17.1 Å². The lowest BCUT2D eigenvalue weighted by atomic mass is 10.0. The summed E-state index contributed by atoms with van der Waals surface area (Å²) in [5.74, 6) is -0.0146. The van der Waals surface area contributed by atoms with Crippen molar-refractivity contribution >= 4 is 40.5 Å². The Morgan fingerprint density at radius 3 is 2.27 bits per heavy atom. The average Bonchev–Trinajstić information content (AvgIpc) is 2.57. The Labute approximate surface area is 159 Å². The summed E-state index contributed by atoms with van der Waals surface area (Å²) in [7, 11) is 0. The van der Waals surface area contributed by atoms with E-state index in [2.05, 4.69) is 29.8 Å². The Balaban J connectivity index is 2.06. The summed E-state index contributed by atoms with van der Waals surface area (Å²) < 4.78 is 0. The first-order chi connectivity index (χ1) is 12.3. The molecule has 2 rings (SSSR count).